The Balaban J connectivity index is 0.00000225. The molecular weight excluding hydrogens is 254 g/mol. The minimum absolute atomic E-state index is 0. The lowest BCUT2D eigenvalue weighted by atomic mass is 10.0. The second-order valence-electron chi connectivity index (χ2n) is 3.84. The third-order valence-corrected chi connectivity index (χ3v) is 4.11. The van der Waals surface area contributed by atoms with Crippen LogP contribution in [0, 0.1) is 5.92 Å². The first-order valence-electron chi connectivity index (χ1n) is 5.01. The number of hydrogen-bond acceptors (Lipinski definition) is 5. The maximum Gasteiger partial charge on any atom is 0.320 e. The van der Waals surface area contributed by atoms with Gasteiger partial charge in [0.1, 0.15) is 5.75 Å². The zero-order valence-corrected chi connectivity index (χ0v) is 10.9. The van der Waals surface area contributed by atoms with Crippen LogP contribution in [0.15, 0.2) is 0 Å². The van der Waals surface area contributed by atoms with E-state index in [1.807, 2.05) is 0 Å². The zero-order chi connectivity index (χ0) is 11.3. The fraction of sp³-hybridized carbons (Fsp3) is 0.889. The summed E-state index contributed by atoms with van der Waals surface area (Å²) in [6.07, 6.45) is 1.91. The van der Waals surface area contributed by atoms with Crippen LogP contribution in [0.3, 0.4) is 0 Å². The Kier molecular flexibility index (Phi) is 6.94. The largest absolute Gasteiger partial charge is 0.468 e. The maximum atomic E-state index is 11.5. The summed E-state index contributed by atoms with van der Waals surface area (Å²) in [5, 5.41) is 3.14. The van der Waals surface area contributed by atoms with Crippen molar-refractivity contribution in [2.24, 2.45) is 5.92 Å². The van der Waals surface area contributed by atoms with Crippen molar-refractivity contribution < 1.29 is 17.9 Å². The number of carbonyl (C=O) groups is 1. The molecule has 1 N–H and O–H groups in total. The Morgan fingerprint density at radius 1 is 1.50 bits per heavy atom. The van der Waals surface area contributed by atoms with Crippen molar-refractivity contribution in [3.63, 3.8) is 0 Å². The van der Waals surface area contributed by atoms with Gasteiger partial charge in [0.15, 0.2) is 9.84 Å². The molecule has 0 aromatic rings. The first-order valence-corrected chi connectivity index (χ1v) is 6.83. The van der Waals surface area contributed by atoms with Gasteiger partial charge >= 0.3 is 5.97 Å². The van der Waals surface area contributed by atoms with Crippen LogP contribution in [0.25, 0.3) is 0 Å². The smallest absolute Gasteiger partial charge is 0.320 e. The quantitative estimate of drug-likeness (QED) is 0.729. The minimum atomic E-state index is -3.31. The van der Waals surface area contributed by atoms with Gasteiger partial charge in [0.25, 0.3) is 0 Å². The molecule has 96 valence electrons. The van der Waals surface area contributed by atoms with Gasteiger partial charge in [-0.25, -0.2) is 8.42 Å². The molecule has 0 saturated carbocycles. The van der Waals surface area contributed by atoms with E-state index >= 15 is 0 Å². The topological polar surface area (TPSA) is 72.5 Å². The molecule has 1 atom stereocenters. The van der Waals surface area contributed by atoms with E-state index in [4.69, 9.17) is 0 Å². The third-order valence-electron chi connectivity index (χ3n) is 2.45. The van der Waals surface area contributed by atoms with Gasteiger partial charge < -0.3 is 10.1 Å². The summed E-state index contributed by atoms with van der Waals surface area (Å²) in [6, 6.07) is 0. The number of carbonyl (C=O) groups excluding carboxylic acids is 1. The molecule has 1 aliphatic heterocycles. The molecule has 0 aromatic heterocycles. The van der Waals surface area contributed by atoms with E-state index in [9.17, 15) is 13.2 Å². The first kappa shape index (κ1) is 15.7. The summed E-state index contributed by atoms with van der Waals surface area (Å²) in [4.78, 5) is 10.9. The molecule has 0 radical (unpaired) electrons. The van der Waals surface area contributed by atoms with Gasteiger partial charge in [-0.15, -0.1) is 12.4 Å². The van der Waals surface area contributed by atoms with Crippen molar-refractivity contribution in [1.29, 1.82) is 0 Å². The summed E-state index contributed by atoms with van der Waals surface area (Å²) in [5.41, 5.74) is 0. The van der Waals surface area contributed by atoms with Crippen LogP contribution in [0.2, 0.25) is 0 Å². The molecule has 1 unspecified atom stereocenters. The Bertz CT molecular complexity index is 311. The summed E-state index contributed by atoms with van der Waals surface area (Å²) in [7, 11) is -2.11. The summed E-state index contributed by atoms with van der Waals surface area (Å²) >= 11 is 0. The number of sulfone groups is 1. The van der Waals surface area contributed by atoms with Crippen molar-refractivity contribution in [3.05, 3.63) is 0 Å². The molecule has 0 aromatic carbocycles. The molecule has 0 bridgehead atoms. The van der Waals surface area contributed by atoms with Crippen molar-refractivity contribution in [3.8, 4) is 0 Å². The normalized spacial score (nSPS) is 20.9. The van der Waals surface area contributed by atoms with Crippen molar-refractivity contribution >= 4 is 28.2 Å². The monoisotopic (exact) mass is 271 g/mol. The second-order valence-corrected chi connectivity index (χ2v) is 5.95. The van der Waals surface area contributed by atoms with Crippen LogP contribution in [0.1, 0.15) is 12.8 Å². The highest BCUT2D eigenvalue weighted by atomic mass is 35.5. The van der Waals surface area contributed by atoms with Crippen LogP contribution in [-0.4, -0.2) is 46.1 Å². The average molecular weight is 272 g/mol. The highest BCUT2D eigenvalue weighted by molar-refractivity contribution is 7.92. The standard InChI is InChI=1S/C9H17NO4S.ClH/c1-14-9(11)7-15(12,13)6-8-3-2-4-10-5-8;/h8,10H,2-7H2,1H3;1H. The number of esters is 1. The highest BCUT2D eigenvalue weighted by Crippen LogP contribution is 2.12. The van der Waals surface area contributed by atoms with E-state index in [-0.39, 0.29) is 24.1 Å². The summed E-state index contributed by atoms with van der Waals surface area (Å²) in [5.74, 6) is -0.970. The van der Waals surface area contributed by atoms with Crippen LogP contribution in [0.5, 0.6) is 0 Å². The molecule has 5 nitrogen and oxygen atoms in total. The molecular formula is C9H18ClNO4S. The number of ether oxygens (including phenoxy) is 1. The number of rotatable bonds is 4. The van der Waals surface area contributed by atoms with Crippen LogP contribution in [0.4, 0.5) is 0 Å². The Hall–Kier alpha value is -0.330. The fourth-order valence-electron chi connectivity index (χ4n) is 1.72. The number of halogens is 1. The molecule has 0 amide bonds. The molecule has 1 rings (SSSR count). The van der Waals surface area contributed by atoms with Gasteiger partial charge in [-0.2, -0.15) is 0 Å². The van der Waals surface area contributed by atoms with Crippen molar-refractivity contribution in [1.82, 2.24) is 5.32 Å². The molecule has 1 aliphatic rings. The molecule has 1 fully saturated rings. The zero-order valence-electron chi connectivity index (χ0n) is 9.27. The van der Waals surface area contributed by atoms with Gasteiger partial charge in [0.05, 0.1) is 12.9 Å². The molecule has 16 heavy (non-hydrogen) atoms. The van der Waals surface area contributed by atoms with Gasteiger partial charge in [0.2, 0.25) is 0 Å². The molecule has 1 heterocycles. The third kappa shape index (κ3) is 5.67. The average Bonchev–Trinajstić information content (AvgIpc) is 2.17. The predicted molar refractivity (Wildman–Crippen MR) is 63.5 cm³/mol. The second kappa shape index (κ2) is 7.09. The van der Waals surface area contributed by atoms with E-state index in [2.05, 4.69) is 10.1 Å². The maximum absolute atomic E-state index is 11.5. The van der Waals surface area contributed by atoms with E-state index < -0.39 is 21.6 Å². The van der Waals surface area contributed by atoms with E-state index in [1.54, 1.807) is 0 Å². The number of hydrogen-bond donors (Lipinski definition) is 1. The Morgan fingerprint density at radius 2 is 2.19 bits per heavy atom. The number of piperidine rings is 1. The number of nitrogens with one attached hydrogen (secondary N) is 1. The SMILES string of the molecule is COC(=O)CS(=O)(=O)CC1CCCNC1.Cl. The summed E-state index contributed by atoms with van der Waals surface area (Å²) in [6.45, 7) is 1.67. The molecule has 0 aliphatic carbocycles. The van der Waals surface area contributed by atoms with Crippen LogP contribution < -0.4 is 5.32 Å². The predicted octanol–water partition coefficient (Wildman–Crippen LogP) is -0.00440. The van der Waals surface area contributed by atoms with Gasteiger partial charge in [0, 0.05) is 0 Å². The van der Waals surface area contributed by atoms with E-state index in [1.165, 1.54) is 7.11 Å². The van der Waals surface area contributed by atoms with Crippen LogP contribution >= 0.6 is 12.4 Å². The van der Waals surface area contributed by atoms with Gasteiger partial charge in [-0.05, 0) is 31.8 Å². The fourth-order valence-corrected chi connectivity index (χ4v) is 3.32. The van der Waals surface area contributed by atoms with Gasteiger partial charge in [-0.1, -0.05) is 0 Å². The first-order chi connectivity index (χ1) is 7.03. The molecule has 7 heteroatoms. The van der Waals surface area contributed by atoms with Crippen molar-refractivity contribution in [2.45, 2.75) is 12.8 Å². The van der Waals surface area contributed by atoms with E-state index in [0.717, 1.165) is 25.9 Å². The minimum Gasteiger partial charge on any atom is -0.468 e. The number of methoxy groups -OCH3 is 1. The molecule has 0 spiro atoms. The molecule has 1 saturated heterocycles. The Morgan fingerprint density at radius 3 is 2.69 bits per heavy atom. The van der Waals surface area contributed by atoms with E-state index in [0.29, 0.717) is 0 Å². The summed E-state index contributed by atoms with van der Waals surface area (Å²) < 4.78 is 27.4. The lowest BCUT2D eigenvalue weighted by molar-refractivity contribution is -0.137. The van der Waals surface area contributed by atoms with Gasteiger partial charge in [-0.3, -0.25) is 4.79 Å². The Labute approximate surface area is 102 Å². The lowest BCUT2D eigenvalue weighted by Crippen LogP contribution is -2.35. The lowest BCUT2D eigenvalue weighted by Gasteiger charge is -2.22. The van der Waals surface area contributed by atoms with Crippen LogP contribution in [-0.2, 0) is 19.4 Å². The van der Waals surface area contributed by atoms with Crippen molar-refractivity contribution in [2.75, 3.05) is 31.7 Å². The highest BCUT2D eigenvalue weighted by Gasteiger charge is 2.23.